The standard InChI is InChI=1S/C26H33N5O4/c1-19(2)16-30(22(32)18-29(3)14-15-35-21-12-8-5-9-13-21)23-24(27)31(26(34)28-25(23)33)17-20-10-6-4-7-11-20/h4-13,19H,14-18,27H2,1-3H3,(H,28,33,34). The highest BCUT2D eigenvalue weighted by Crippen LogP contribution is 2.19. The van der Waals surface area contributed by atoms with E-state index < -0.39 is 11.2 Å². The molecule has 0 bridgehead atoms. The SMILES string of the molecule is CC(C)CN(C(=O)CN(C)CCOc1ccccc1)c1c(N)n(Cc2ccccc2)c(=O)[nH]c1=O. The van der Waals surface area contributed by atoms with Gasteiger partial charge in [-0.15, -0.1) is 0 Å². The second-order valence-electron chi connectivity index (χ2n) is 8.86. The lowest BCUT2D eigenvalue weighted by Crippen LogP contribution is -2.46. The largest absolute Gasteiger partial charge is 0.492 e. The summed E-state index contributed by atoms with van der Waals surface area (Å²) in [5.41, 5.74) is 5.88. The van der Waals surface area contributed by atoms with Crippen LogP contribution in [0.15, 0.2) is 70.3 Å². The van der Waals surface area contributed by atoms with Gasteiger partial charge in [-0.1, -0.05) is 62.4 Å². The Morgan fingerprint density at radius 1 is 1.06 bits per heavy atom. The van der Waals surface area contributed by atoms with E-state index >= 15 is 0 Å². The summed E-state index contributed by atoms with van der Waals surface area (Å²) in [5.74, 6) is 0.502. The first-order valence-corrected chi connectivity index (χ1v) is 11.6. The van der Waals surface area contributed by atoms with Crippen molar-refractivity contribution in [1.82, 2.24) is 14.5 Å². The first-order valence-electron chi connectivity index (χ1n) is 11.6. The van der Waals surface area contributed by atoms with E-state index in [4.69, 9.17) is 10.5 Å². The van der Waals surface area contributed by atoms with E-state index in [0.717, 1.165) is 11.3 Å². The van der Waals surface area contributed by atoms with Crippen molar-refractivity contribution in [2.75, 3.05) is 43.9 Å². The van der Waals surface area contributed by atoms with Crippen LogP contribution in [-0.4, -0.2) is 53.6 Å². The number of hydrogen-bond donors (Lipinski definition) is 2. The molecule has 0 spiro atoms. The number of anilines is 2. The summed E-state index contributed by atoms with van der Waals surface area (Å²) in [6.45, 7) is 5.32. The molecule has 3 N–H and O–H groups in total. The molecular formula is C26H33N5O4. The molecule has 9 nitrogen and oxygen atoms in total. The molecule has 0 aliphatic carbocycles. The Morgan fingerprint density at radius 2 is 1.69 bits per heavy atom. The highest BCUT2D eigenvalue weighted by molar-refractivity contribution is 5.96. The normalized spacial score (nSPS) is 11.1. The number of carbonyl (C=O) groups is 1. The van der Waals surface area contributed by atoms with E-state index in [1.165, 1.54) is 9.47 Å². The van der Waals surface area contributed by atoms with E-state index in [0.29, 0.717) is 13.2 Å². The predicted octanol–water partition coefficient (Wildman–Crippen LogP) is 2.17. The molecule has 35 heavy (non-hydrogen) atoms. The first kappa shape index (κ1) is 25.8. The molecule has 0 unspecified atom stereocenters. The molecule has 0 aliphatic rings. The van der Waals surface area contributed by atoms with Gasteiger partial charge in [0.15, 0.2) is 5.69 Å². The summed E-state index contributed by atoms with van der Waals surface area (Å²) in [5, 5.41) is 0. The molecule has 1 amide bonds. The lowest BCUT2D eigenvalue weighted by molar-refractivity contribution is -0.119. The number of hydrogen-bond acceptors (Lipinski definition) is 6. The number of para-hydroxylation sites is 1. The number of likely N-dealkylation sites (N-methyl/N-ethyl adjacent to an activating group) is 1. The summed E-state index contributed by atoms with van der Waals surface area (Å²) in [6, 6.07) is 18.8. The summed E-state index contributed by atoms with van der Waals surface area (Å²) < 4.78 is 6.99. The number of ether oxygens (including phenoxy) is 1. The monoisotopic (exact) mass is 479 g/mol. The number of rotatable bonds is 11. The van der Waals surface area contributed by atoms with Crippen LogP contribution in [-0.2, 0) is 11.3 Å². The molecule has 0 fully saturated rings. The van der Waals surface area contributed by atoms with Crippen LogP contribution in [0.2, 0.25) is 0 Å². The Hall–Kier alpha value is -3.85. The van der Waals surface area contributed by atoms with Crippen LogP contribution in [0.5, 0.6) is 5.75 Å². The molecule has 1 heterocycles. The molecular weight excluding hydrogens is 446 g/mol. The fourth-order valence-corrected chi connectivity index (χ4v) is 3.68. The molecule has 186 valence electrons. The number of carbonyl (C=O) groups excluding carboxylic acids is 1. The van der Waals surface area contributed by atoms with Crippen LogP contribution >= 0.6 is 0 Å². The number of amides is 1. The maximum Gasteiger partial charge on any atom is 0.330 e. The van der Waals surface area contributed by atoms with Crippen LogP contribution in [0, 0.1) is 5.92 Å². The molecule has 3 rings (SSSR count). The third-order valence-electron chi connectivity index (χ3n) is 5.41. The number of nitrogen functional groups attached to an aromatic ring is 1. The van der Waals surface area contributed by atoms with Crippen molar-refractivity contribution in [2.24, 2.45) is 5.92 Å². The van der Waals surface area contributed by atoms with Crippen molar-refractivity contribution in [2.45, 2.75) is 20.4 Å². The molecule has 9 heteroatoms. The summed E-state index contributed by atoms with van der Waals surface area (Å²) in [7, 11) is 1.81. The molecule has 1 aromatic heterocycles. The van der Waals surface area contributed by atoms with Gasteiger partial charge in [-0.05, 0) is 30.7 Å². The average molecular weight is 480 g/mol. The maximum absolute atomic E-state index is 13.3. The van der Waals surface area contributed by atoms with Gasteiger partial charge in [0, 0.05) is 13.1 Å². The van der Waals surface area contributed by atoms with Gasteiger partial charge in [0.1, 0.15) is 18.2 Å². The van der Waals surface area contributed by atoms with Gasteiger partial charge < -0.3 is 15.4 Å². The zero-order chi connectivity index (χ0) is 25.4. The Morgan fingerprint density at radius 3 is 2.31 bits per heavy atom. The van der Waals surface area contributed by atoms with E-state index in [2.05, 4.69) is 4.98 Å². The van der Waals surface area contributed by atoms with Gasteiger partial charge >= 0.3 is 5.69 Å². The molecule has 2 aromatic carbocycles. The van der Waals surface area contributed by atoms with Crippen molar-refractivity contribution in [1.29, 1.82) is 0 Å². The highest BCUT2D eigenvalue weighted by atomic mass is 16.5. The summed E-state index contributed by atoms with van der Waals surface area (Å²) in [6.07, 6.45) is 0. The second-order valence-corrected chi connectivity index (χ2v) is 8.86. The minimum atomic E-state index is -0.680. The van der Waals surface area contributed by atoms with E-state index in [1.807, 2.05) is 86.5 Å². The smallest absolute Gasteiger partial charge is 0.330 e. The molecule has 0 aliphatic heterocycles. The molecule has 3 aromatic rings. The van der Waals surface area contributed by atoms with Gasteiger partial charge in [0.25, 0.3) is 5.56 Å². The second kappa shape index (κ2) is 12.0. The number of nitrogens with two attached hydrogens (primary N) is 1. The summed E-state index contributed by atoms with van der Waals surface area (Å²) in [4.78, 5) is 44.2. The average Bonchev–Trinajstić information content (AvgIpc) is 2.82. The fourth-order valence-electron chi connectivity index (χ4n) is 3.68. The molecule has 0 atom stereocenters. The Labute approximate surface area is 204 Å². The predicted molar refractivity (Wildman–Crippen MR) is 138 cm³/mol. The number of aromatic amines is 1. The first-order chi connectivity index (χ1) is 16.8. The van der Waals surface area contributed by atoms with Crippen molar-refractivity contribution in [3.05, 3.63) is 87.1 Å². The van der Waals surface area contributed by atoms with Gasteiger partial charge in [0.2, 0.25) is 5.91 Å². The van der Waals surface area contributed by atoms with E-state index in [9.17, 15) is 14.4 Å². The van der Waals surface area contributed by atoms with Crippen molar-refractivity contribution >= 4 is 17.4 Å². The number of H-pyrrole nitrogens is 1. The fraction of sp³-hybridized carbons (Fsp3) is 0.346. The highest BCUT2D eigenvalue weighted by Gasteiger charge is 2.25. The zero-order valence-corrected chi connectivity index (χ0v) is 20.4. The lowest BCUT2D eigenvalue weighted by Gasteiger charge is -2.28. The van der Waals surface area contributed by atoms with Gasteiger partial charge in [-0.25, -0.2) is 4.79 Å². The number of benzene rings is 2. The van der Waals surface area contributed by atoms with Crippen LogP contribution in [0.1, 0.15) is 19.4 Å². The number of aromatic nitrogens is 2. The Balaban J connectivity index is 1.80. The van der Waals surface area contributed by atoms with Gasteiger partial charge in [-0.3, -0.25) is 24.0 Å². The van der Waals surface area contributed by atoms with Crippen molar-refractivity contribution in [3.8, 4) is 5.75 Å². The third-order valence-corrected chi connectivity index (χ3v) is 5.41. The van der Waals surface area contributed by atoms with Crippen molar-refractivity contribution < 1.29 is 9.53 Å². The summed E-state index contributed by atoms with van der Waals surface area (Å²) >= 11 is 0. The minimum absolute atomic E-state index is 0.00633. The van der Waals surface area contributed by atoms with Crippen molar-refractivity contribution in [3.63, 3.8) is 0 Å². The molecule has 0 saturated carbocycles. The maximum atomic E-state index is 13.3. The van der Waals surface area contributed by atoms with Crippen LogP contribution in [0.4, 0.5) is 11.5 Å². The lowest BCUT2D eigenvalue weighted by atomic mass is 10.2. The minimum Gasteiger partial charge on any atom is -0.492 e. The quantitative estimate of drug-likeness (QED) is 0.436. The van der Waals surface area contributed by atoms with Crippen LogP contribution in [0.3, 0.4) is 0 Å². The van der Waals surface area contributed by atoms with E-state index in [-0.39, 0.29) is 43.0 Å². The number of nitrogens with zero attached hydrogens (tertiary/aromatic N) is 3. The number of nitrogens with one attached hydrogen (secondary N) is 1. The van der Waals surface area contributed by atoms with E-state index in [1.54, 1.807) is 0 Å². The molecule has 0 saturated heterocycles. The van der Waals surface area contributed by atoms with Gasteiger partial charge in [-0.2, -0.15) is 0 Å². The zero-order valence-electron chi connectivity index (χ0n) is 20.4. The topological polar surface area (TPSA) is 114 Å². The van der Waals surface area contributed by atoms with Crippen LogP contribution < -0.4 is 26.6 Å². The third kappa shape index (κ3) is 7.07. The Bertz CT molecular complexity index is 1220. The van der Waals surface area contributed by atoms with Gasteiger partial charge in [0.05, 0.1) is 13.1 Å². The molecule has 0 radical (unpaired) electrons. The Kier molecular flexibility index (Phi) is 8.86. The van der Waals surface area contributed by atoms with Crippen LogP contribution in [0.25, 0.3) is 0 Å².